The average Bonchev–Trinajstić information content (AvgIpc) is 2.00. The van der Waals surface area contributed by atoms with Gasteiger partial charge in [0, 0.05) is 11.3 Å². The lowest BCUT2D eigenvalue weighted by atomic mass is 9.82. The second-order valence-corrected chi connectivity index (χ2v) is 3.45. The van der Waals surface area contributed by atoms with Crippen LogP contribution in [0.1, 0.15) is 32.6 Å². The minimum Gasteiger partial charge on any atom is -0.402 e. The van der Waals surface area contributed by atoms with Crippen LogP contribution in [-0.2, 0) is 0 Å². The van der Waals surface area contributed by atoms with Gasteiger partial charge in [-0.05, 0) is 31.3 Å². The van der Waals surface area contributed by atoms with Crippen LogP contribution in [0.4, 0.5) is 0 Å². The van der Waals surface area contributed by atoms with Crippen molar-refractivity contribution in [3.8, 4) is 6.07 Å². The summed E-state index contributed by atoms with van der Waals surface area (Å²) < 4.78 is 0. The van der Waals surface area contributed by atoms with E-state index in [9.17, 15) is 0 Å². The Labute approximate surface area is 79.7 Å². The molecule has 0 aromatic rings. The van der Waals surface area contributed by atoms with E-state index in [0.717, 1.165) is 12.1 Å². The van der Waals surface area contributed by atoms with Gasteiger partial charge in [-0.2, -0.15) is 5.26 Å². The van der Waals surface area contributed by atoms with Gasteiger partial charge in [-0.15, -0.1) is 0 Å². The lowest BCUT2D eigenvalue weighted by Crippen LogP contribution is -2.19. The molecule has 0 unspecified atom stereocenters. The van der Waals surface area contributed by atoms with Gasteiger partial charge in [-0.1, -0.05) is 19.4 Å². The molecule has 0 amide bonds. The van der Waals surface area contributed by atoms with Crippen LogP contribution in [0, 0.1) is 17.2 Å². The zero-order chi connectivity index (χ0) is 9.68. The topological polar surface area (TPSA) is 49.8 Å². The molecule has 1 saturated carbocycles. The number of nitrogens with two attached hydrogens (primary N) is 1. The average molecular weight is 176 g/mol. The van der Waals surface area contributed by atoms with Crippen LogP contribution in [0.15, 0.2) is 23.4 Å². The van der Waals surface area contributed by atoms with E-state index in [1.54, 1.807) is 0 Å². The van der Waals surface area contributed by atoms with Crippen molar-refractivity contribution in [2.45, 2.75) is 32.6 Å². The molecular formula is C11H16N2. The predicted octanol–water partition coefficient (Wildman–Crippen LogP) is 2.49. The van der Waals surface area contributed by atoms with Gasteiger partial charge in [-0.25, -0.2) is 0 Å². The van der Waals surface area contributed by atoms with Gasteiger partial charge in [0.1, 0.15) is 0 Å². The Morgan fingerprint density at radius 2 is 2.31 bits per heavy atom. The molecule has 1 aliphatic rings. The van der Waals surface area contributed by atoms with E-state index in [2.05, 4.69) is 6.07 Å². The van der Waals surface area contributed by atoms with E-state index in [0.29, 0.717) is 11.5 Å². The fourth-order valence-electron chi connectivity index (χ4n) is 1.40. The van der Waals surface area contributed by atoms with Gasteiger partial charge in [0.2, 0.25) is 0 Å². The summed E-state index contributed by atoms with van der Waals surface area (Å²) in [6, 6.07) is 2.14. The monoisotopic (exact) mass is 176 g/mol. The molecule has 1 fully saturated rings. The first-order chi connectivity index (χ1) is 6.27. The van der Waals surface area contributed by atoms with Crippen LogP contribution in [0.5, 0.6) is 0 Å². The number of allylic oxidation sites excluding steroid dienone is 4. The van der Waals surface area contributed by atoms with Crippen molar-refractivity contribution < 1.29 is 0 Å². The largest absolute Gasteiger partial charge is 0.402 e. The smallest absolute Gasteiger partial charge is 0.0988 e. The minimum absolute atomic E-state index is 0.536. The third-order valence-electron chi connectivity index (χ3n) is 2.45. The molecule has 1 rings (SSSR count). The van der Waals surface area contributed by atoms with E-state index in [4.69, 9.17) is 11.0 Å². The second kappa shape index (κ2) is 4.71. The molecule has 2 N–H and O–H groups in total. The molecule has 0 radical (unpaired) electrons. The maximum absolute atomic E-state index is 8.76. The van der Waals surface area contributed by atoms with E-state index < -0.39 is 0 Å². The summed E-state index contributed by atoms with van der Waals surface area (Å²) >= 11 is 0. The molecule has 0 heterocycles. The molecule has 0 spiro atoms. The quantitative estimate of drug-likeness (QED) is 0.530. The first-order valence-corrected chi connectivity index (χ1v) is 4.85. The van der Waals surface area contributed by atoms with Crippen molar-refractivity contribution in [3.63, 3.8) is 0 Å². The maximum Gasteiger partial charge on any atom is 0.0988 e. The van der Waals surface area contributed by atoms with E-state index in [1.165, 1.54) is 19.3 Å². The van der Waals surface area contributed by atoms with Crippen molar-refractivity contribution in [3.05, 3.63) is 23.4 Å². The molecular weight excluding hydrogens is 160 g/mol. The SMILES string of the molecule is CC/C=C(C#N)\C=C(/N)C1CCC1. The Morgan fingerprint density at radius 3 is 2.69 bits per heavy atom. The fourth-order valence-corrected chi connectivity index (χ4v) is 1.40. The van der Waals surface area contributed by atoms with Crippen LogP contribution < -0.4 is 5.73 Å². The molecule has 13 heavy (non-hydrogen) atoms. The summed E-state index contributed by atoms with van der Waals surface area (Å²) in [4.78, 5) is 0. The highest BCUT2D eigenvalue weighted by molar-refractivity contribution is 5.35. The first kappa shape index (κ1) is 9.85. The highest BCUT2D eigenvalue weighted by atomic mass is 14.6. The lowest BCUT2D eigenvalue weighted by Gasteiger charge is -2.25. The molecule has 70 valence electrons. The second-order valence-electron chi connectivity index (χ2n) is 3.45. The van der Waals surface area contributed by atoms with Crippen LogP contribution in [0.3, 0.4) is 0 Å². The van der Waals surface area contributed by atoms with Gasteiger partial charge in [-0.3, -0.25) is 0 Å². The van der Waals surface area contributed by atoms with Crippen molar-refractivity contribution in [1.82, 2.24) is 0 Å². The summed E-state index contributed by atoms with van der Waals surface area (Å²) in [6.07, 6.45) is 8.27. The zero-order valence-electron chi connectivity index (χ0n) is 8.09. The minimum atomic E-state index is 0.536. The molecule has 2 nitrogen and oxygen atoms in total. The molecule has 0 atom stereocenters. The van der Waals surface area contributed by atoms with Gasteiger partial charge in [0.05, 0.1) is 6.07 Å². The van der Waals surface area contributed by atoms with Crippen molar-refractivity contribution in [2.75, 3.05) is 0 Å². The van der Waals surface area contributed by atoms with Gasteiger partial charge in [0.15, 0.2) is 0 Å². The van der Waals surface area contributed by atoms with Gasteiger partial charge < -0.3 is 5.73 Å². The highest BCUT2D eigenvalue weighted by Crippen LogP contribution is 2.30. The fraction of sp³-hybridized carbons (Fsp3) is 0.545. The van der Waals surface area contributed by atoms with Crippen LogP contribution in [0.2, 0.25) is 0 Å². The van der Waals surface area contributed by atoms with E-state index in [-0.39, 0.29) is 0 Å². The van der Waals surface area contributed by atoms with Gasteiger partial charge in [0.25, 0.3) is 0 Å². The zero-order valence-corrected chi connectivity index (χ0v) is 8.09. The summed E-state index contributed by atoms with van der Waals surface area (Å²) in [5, 5.41) is 8.76. The number of rotatable bonds is 3. The Morgan fingerprint density at radius 1 is 1.62 bits per heavy atom. The Balaban J connectivity index is 2.61. The summed E-state index contributed by atoms with van der Waals surface area (Å²) in [6.45, 7) is 2.02. The normalized spacial score (nSPS) is 19.4. The van der Waals surface area contributed by atoms with E-state index in [1.807, 2.05) is 19.1 Å². The lowest BCUT2D eigenvalue weighted by molar-refractivity contribution is 0.365. The molecule has 1 aliphatic carbocycles. The molecule has 0 aromatic carbocycles. The standard InChI is InChI=1S/C11H16N2/c1-2-4-9(8-12)7-11(13)10-5-3-6-10/h4,7,10H,2-3,5-6,13H2,1H3/b9-4+,11-7-. The highest BCUT2D eigenvalue weighted by Gasteiger charge is 2.19. The Bertz CT molecular complexity index is 264. The van der Waals surface area contributed by atoms with Crippen LogP contribution in [0.25, 0.3) is 0 Å². The number of hydrogen-bond acceptors (Lipinski definition) is 2. The first-order valence-electron chi connectivity index (χ1n) is 4.85. The molecule has 0 bridgehead atoms. The third-order valence-corrected chi connectivity index (χ3v) is 2.45. The summed E-state index contributed by atoms with van der Waals surface area (Å²) in [7, 11) is 0. The maximum atomic E-state index is 8.76. The number of nitriles is 1. The molecule has 0 aliphatic heterocycles. The van der Waals surface area contributed by atoms with Crippen molar-refractivity contribution in [2.24, 2.45) is 11.7 Å². The third kappa shape index (κ3) is 2.62. The predicted molar refractivity (Wildman–Crippen MR) is 53.6 cm³/mol. The molecule has 2 heteroatoms. The van der Waals surface area contributed by atoms with E-state index >= 15 is 0 Å². The van der Waals surface area contributed by atoms with Gasteiger partial charge >= 0.3 is 0 Å². The van der Waals surface area contributed by atoms with Crippen molar-refractivity contribution in [1.29, 1.82) is 5.26 Å². The number of nitrogens with zero attached hydrogens (tertiary/aromatic N) is 1. The molecule has 0 saturated heterocycles. The summed E-state index contributed by atoms with van der Waals surface area (Å²) in [5.74, 6) is 0.536. The van der Waals surface area contributed by atoms with Crippen LogP contribution in [-0.4, -0.2) is 0 Å². The van der Waals surface area contributed by atoms with Crippen molar-refractivity contribution >= 4 is 0 Å². The summed E-state index contributed by atoms with van der Waals surface area (Å²) in [5.41, 5.74) is 7.44. The number of hydrogen-bond donors (Lipinski definition) is 1. The Hall–Kier alpha value is -1.23. The van der Waals surface area contributed by atoms with Crippen LogP contribution >= 0.6 is 0 Å². The Kier molecular flexibility index (Phi) is 3.57. The molecule has 0 aromatic heterocycles.